The van der Waals surface area contributed by atoms with E-state index in [0.29, 0.717) is 19.6 Å². The topological polar surface area (TPSA) is 102 Å². The molecule has 0 radical (unpaired) electrons. The molecular formula is C19H37N5O2. The Morgan fingerprint density at radius 3 is 2.23 bits per heavy atom. The monoisotopic (exact) mass is 367 g/mol. The summed E-state index contributed by atoms with van der Waals surface area (Å²) in [5.41, 5.74) is 6.61. The number of nitrogens with one attached hydrogen (secondary N) is 2. The van der Waals surface area contributed by atoms with Gasteiger partial charge in [0, 0.05) is 32.3 Å². The number of rotatable bonds is 7. The van der Waals surface area contributed by atoms with Gasteiger partial charge in [0.2, 0.25) is 6.41 Å². The average Bonchev–Trinajstić information content (AvgIpc) is 2.64. The van der Waals surface area contributed by atoms with Crippen LogP contribution in [0.4, 0.5) is 5.82 Å². The molecule has 0 spiro atoms. The zero-order valence-electron chi connectivity index (χ0n) is 16.9. The third kappa shape index (κ3) is 13.5. The number of anilines is 1. The number of ether oxygens (including phenoxy) is 1. The fraction of sp³-hybridized carbons (Fsp3) is 0.737. The maximum atomic E-state index is 9.51. The predicted molar refractivity (Wildman–Crippen MR) is 107 cm³/mol. The number of nitrogens with two attached hydrogens (primary N) is 1. The van der Waals surface area contributed by atoms with Crippen LogP contribution in [0, 0.1) is 6.92 Å². The normalized spacial score (nSPS) is 14.0. The molecule has 1 heterocycles. The Morgan fingerprint density at radius 1 is 1.23 bits per heavy atom. The molecule has 0 saturated heterocycles. The first kappa shape index (κ1) is 24.3. The Morgan fingerprint density at radius 2 is 1.81 bits per heavy atom. The first-order valence-corrected chi connectivity index (χ1v) is 9.56. The molecule has 1 saturated carbocycles. The lowest BCUT2D eigenvalue weighted by atomic mass is 10.0. The number of aromatic nitrogens is 2. The molecule has 1 aromatic rings. The summed E-state index contributed by atoms with van der Waals surface area (Å²) in [6.07, 6.45) is 9.65. The zero-order valence-corrected chi connectivity index (χ0v) is 16.9. The summed E-state index contributed by atoms with van der Waals surface area (Å²) in [4.78, 5) is 18.0. The third-order valence-electron chi connectivity index (χ3n) is 3.72. The molecule has 1 atom stereocenters. The second-order valence-corrected chi connectivity index (χ2v) is 6.23. The molecule has 1 fully saturated rings. The van der Waals surface area contributed by atoms with Gasteiger partial charge in [-0.3, -0.25) is 4.79 Å². The van der Waals surface area contributed by atoms with Crippen molar-refractivity contribution in [1.29, 1.82) is 0 Å². The number of carbonyl (C=O) groups excluding carboxylic acids is 1. The van der Waals surface area contributed by atoms with Gasteiger partial charge in [-0.2, -0.15) is 0 Å². The number of hydrogen-bond donors (Lipinski definition) is 3. The second kappa shape index (κ2) is 16.7. The first-order chi connectivity index (χ1) is 12.5. The van der Waals surface area contributed by atoms with E-state index in [1.165, 1.54) is 38.5 Å². The largest absolute Gasteiger partial charge is 0.383 e. The Hall–Kier alpha value is -1.73. The van der Waals surface area contributed by atoms with Gasteiger partial charge in [-0.15, -0.1) is 0 Å². The molecule has 150 valence electrons. The molecule has 7 nitrogen and oxygen atoms in total. The summed E-state index contributed by atoms with van der Waals surface area (Å²) in [5.74, 6) is 1.60. The van der Waals surface area contributed by atoms with E-state index in [0.717, 1.165) is 23.9 Å². The van der Waals surface area contributed by atoms with Gasteiger partial charge in [0.05, 0.1) is 12.3 Å². The Balaban J connectivity index is 0.000000404. The average molecular weight is 368 g/mol. The van der Waals surface area contributed by atoms with Crippen molar-refractivity contribution >= 4 is 12.2 Å². The van der Waals surface area contributed by atoms with E-state index >= 15 is 0 Å². The number of methoxy groups -OCH3 is 1. The molecule has 0 aromatic carbocycles. The van der Waals surface area contributed by atoms with Gasteiger partial charge in [0.25, 0.3) is 0 Å². The molecular weight excluding hydrogens is 330 g/mol. The van der Waals surface area contributed by atoms with Crippen molar-refractivity contribution in [3.63, 3.8) is 0 Å². The standard InChI is InChI=1S/C9H16N4.C6H12.C4H9NO2/c1-4-11-9-5-8(6(2)10)12-7(3)13-9;1-2-4-6-5-3-1;1-7-3-2-5-4-6/h5-6H,4,10H2,1-3H3,(H,11,12,13);1-6H2;4H,2-3H2,1H3,(H,5,6). The van der Waals surface area contributed by atoms with E-state index in [-0.39, 0.29) is 6.04 Å². The minimum Gasteiger partial charge on any atom is -0.383 e. The van der Waals surface area contributed by atoms with Crippen LogP contribution in [0.5, 0.6) is 0 Å². The van der Waals surface area contributed by atoms with Crippen molar-refractivity contribution in [2.24, 2.45) is 5.73 Å². The van der Waals surface area contributed by atoms with E-state index in [2.05, 4.69) is 25.3 Å². The lowest BCUT2D eigenvalue weighted by Gasteiger charge is -2.08. The van der Waals surface area contributed by atoms with Gasteiger partial charge in [-0.1, -0.05) is 38.5 Å². The van der Waals surface area contributed by atoms with E-state index in [1.54, 1.807) is 7.11 Å². The minimum absolute atomic E-state index is 0.0425. The fourth-order valence-corrected chi connectivity index (χ4v) is 2.38. The van der Waals surface area contributed by atoms with Gasteiger partial charge in [0.15, 0.2) is 0 Å². The minimum atomic E-state index is -0.0425. The molecule has 1 aliphatic rings. The number of aryl methyl sites for hydroxylation is 1. The highest BCUT2D eigenvalue weighted by atomic mass is 16.5. The van der Waals surface area contributed by atoms with Crippen LogP contribution < -0.4 is 16.4 Å². The van der Waals surface area contributed by atoms with Crippen molar-refractivity contribution in [3.8, 4) is 0 Å². The molecule has 1 unspecified atom stereocenters. The number of hydrogen-bond acceptors (Lipinski definition) is 6. The lowest BCUT2D eigenvalue weighted by molar-refractivity contribution is -0.109. The number of carbonyl (C=O) groups is 1. The SMILES string of the molecule is C1CCCCC1.CCNc1cc(C(C)N)nc(C)n1.COCCNC=O. The summed E-state index contributed by atoms with van der Waals surface area (Å²) in [6.45, 7) is 7.85. The molecule has 1 aromatic heterocycles. The maximum Gasteiger partial charge on any atom is 0.207 e. The van der Waals surface area contributed by atoms with E-state index in [4.69, 9.17) is 5.73 Å². The van der Waals surface area contributed by atoms with Crippen LogP contribution in [-0.4, -0.2) is 43.2 Å². The predicted octanol–water partition coefficient (Wildman–Crippen LogP) is 2.96. The highest BCUT2D eigenvalue weighted by Crippen LogP contribution is 2.15. The van der Waals surface area contributed by atoms with E-state index in [9.17, 15) is 4.79 Å². The van der Waals surface area contributed by atoms with Gasteiger partial charge in [-0.25, -0.2) is 9.97 Å². The molecule has 2 rings (SSSR count). The first-order valence-electron chi connectivity index (χ1n) is 9.56. The molecule has 26 heavy (non-hydrogen) atoms. The quantitative estimate of drug-likeness (QED) is 0.506. The van der Waals surface area contributed by atoms with Crippen LogP contribution in [0.1, 0.15) is 69.9 Å². The Kier molecular flexibility index (Phi) is 15.6. The summed E-state index contributed by atoms with van der Waals surface area (Å²) in [6, 6.07) is 1.85. The van der Waals surface area contributed by atoms with Crippen LogP contribution in [0.2, 0.25) is 0 Å². The van der Waals surface area contributed by atoms with Crippen molar-refractivity contribution in [3.05, 3.63) is 17.6 Å². The van der Waals surface area contributed by atoms with Crippen molar-refractivity contribution in [1.82, 2.24) is 15.3 Å². The van der Waals surface area contributed by atoms with E-state index in [1.807, 2.05) is 26.8 Å². The van der Waals surface area contributed by atoms with E-state index < -0.39 is 0 Å². The Labute approximate surface area is 158 Å². The highest BCUT2D eigenvalue weighted by molar-refractivity contribution is 5.45. The summed E-state index contributed by atoms with van der Waals surface area (Å²) in [7, 11) is 1.59. The van der Waals surface area contributed by atoms with Crippen molar-refractivity contribution in [2.45, 2.75) is 65.3 Å². The molecule has 1 aliphatic carbocycles. The van der Waals surface area contributed by atoms with Gasteiger partial charge < -0.3 is 21.1 Å². The third-order valence-corrected chi connectivity index (χ3v) is 3.72. The zero-order chi connectivity index (χ0) is 19.6. The molecule has 7 heteroatoms. The molecule has 4 N–H and O–H groups in total. The highest BCUT2D eigenvalue weighted by Gasteiger charge is 2.04. The number of nitrogens with zero attached hydrogens (tertiary/aromatic N) is 2. The van der Waals surface area contributed by atoms with Gasteiger partial charge in [0.1, 0.15) is 11.6 Å². The smallest absolute Gasteiger partial charge is 0.207 e. The van der Waals surface area contributed by atoms with Crippen LogP contribution in [0.3, 0.4) is 0 Å². The number of amides is 1. The molecule has 0 bridgehead atoms. The van der Waals surface area contributed by atoms with Crippen LogP contribution in [0.15, 0.2) is 6.07 Å². The van der Waals surface area contributed by atoms with Crippen LogP contribution in [0.25, 0.3) is 0 Å². The van der Waals surface area contributed by atoms with Gasteiger partial charge in [-0.05, 0) is 20.8 Å². The molecule has 1 amide bonds. The Bertz CT molecular complexity index is 454. The van der Waals surface area contributed by atoms with Gasteiger partial charge >= 0.3 is 0 Å². The fourth-order valence-electron chi connectivity index (χ4n) is 2.38. The summed E-state index contributed by atoms with van der Waals surface area (Å²) < 4.78 is 4.62. The summed E-state index contributed by atoms with van der Waals surface area (Å²) >= 11 is 0. The molecule has 0 aliphatic heterocycles. The maximum absolute atomic E-state index is 9.51. The second-order valence-electron chi connectivity index (χ2n) is 6.23. The van der Waals surface area contributed by atoms with Crippen LogP contribution >= 0.6 is 0 Å². The summed E-state index contributed by atoms with van der Waals surface area (Å²) in [5, 5.41) is 5.58. The van der Waals surface area contributed by atoms with Crippen molar-refractivity contribution < 1.29 is 9.53 Å². The van der Waals surface area contributed by atoms with Crippen molar-refractivity contribution in [2.75, 3.05) is 32.1 Å². The van der Waals surface area contributed by atoms with Crippen LogP contribution in [-0.2, 0) is 9.53 Å². The lowest BCUT2D eigenvalue weighted by Crippen LogP contribution is -2.16.